The number of thiazole rings is 1. The molecule has 1 saturated carbocycles. The van der Waals surface area contributed by atoms with E-state index in [4.69, 9.17) is 21.7 Å². The number of carbonyl (C=O) groups is 1. The van der Waals surface area contributed by atoms with Gasteiger partial charge >= 0.3 is 6.09 Å². The van der Waals surface area contributed by atoms with Gasteiger partial charge in [0, 0.05) is 48.4 Å². The second-order valence-corrected chi connectivity index (χ2v) is 10.2. The number of rotatable bonds is 10. The molecule has 0 aliphatic heterocycles. The van der Waals surface area contributed by atoms with E-state index in [2.05, 4.69) is 30.7 Å². The number of halogens is 2. The molecule has 1 aliphatic carbocycles. The zero-order valence-corrected chi connectivity index (χ0v) is 23.5. The number of aliphatic hydroxyl groups excluding tert-OH is 1. The van der Waals surface area contributed by atoms with Crippen LogP contribution in [0.5, 0.6) is 0 Å². The number of benzene rings is 1. The molecular weight excluding hydrogens is 531 g/mol. The number of aliphatic hydroxyl groups is 1. The summed E-state index contributed by atoms with van der Waals surface area (Å²) in [6, 6.07) is 4.79. The molecule has 0 saturated heterocycles. The van der Waals surface area contributed by atoms with Gasteiger partial charge in [-0.05, 0) is 51.3 Å². The highest BCUT2D eigenvalue weighted by Gasteiger charge is 2.30. The minimum Gasteiger partial charge on any atom is -0.453 e. The van der Waals surface area contributed by atoms with Crippen LogP contribution in [-0.4, -0.2) is 59.0 Å². The van der Waals surface area contributed by atoms with Gasteiger partial charge in [-0.3, -0.25) is 0 Å². The van der Waals surface area contributed by atoms with Gasteiger partial charge in [0.2, 0.25) is 5.95 Å². The van der Waals surface area contributed by atoms with E-state index >= 15 is 4.39 Å². The van der Waals surface area contributed by atoms with E-state index in [-0.39, 0.29) is 18.5 Å². The Labute approximate surface area is 231 Å². The van der Waals surface area contributed by atoms with Crippen molar-refractivity contribution in [1.82, 2.24) is 20.3 Å². The van der Waals surface area contributed by atoms with Gasteiger partial charge < -0.3 is 25.8 Å². The maximum atomic E-state index is 15.6. The van der Waals surface area contributed by atoms with Crippen LogP contribution in [0.15, 0.2) is 24.4 Å². The monoisotopic (exact) mass is 564 g/mol. The quantitative estimate of drug-likeness (QED) is 0.240. The molecule has 0 unspecified atom stereocenters. The Balaban J connectivity index is 0.00000127. The van der Waals surface area contributed by atoms with Crippen molar-refractivity contribution in [2.24, 2.45) is 0 Å². The fourth-order valence-corrected chi connectivity index (χ4v) is 4.91. The molecule has 0 spiro atoms. The molecule has 3 aromatic rings. The van der Waals surface area contributed by atoms with Gasteiger partial charge in [-0.25, -0.2) is 24.1 Å². The van der Waals surface area contributed by atoms with Gasteiger partial charge in [0.1, 0.15) is 0 Å². The maximum Gasteiger partial charge on any atom is 0.407 e. The van der Waals surface area contributed by atoms with Crippen LogP contribution < -0.4 is 16.0 Å². The summed E-state index contributed by atoms with van der Waals surface area (Å²) in [5.41, 5.74) is 1.87. The van der Waals surface area contributed by atoms with Gasteiger partial charge in [0.15, 0.2) is 5.82 Å². The number of nitrogens with zero attached hydrogens (tertiary/aromatic N) is 3. The van der Waals surface area contributed by atoms with E-state index < -0.39 is 6.09 Å². The van der Waals surface area contributed by atoms with Crippen LogP contribution in [0.1, 0.15) is 51.0 Å². The molecule has 2 aromatic heterocycles. The lowest BCUT2D eigenvalue weighted by molar-refractivity contribution is 0.168. The average Bonchev–Trinajstić information content (AvgIpc) is 3.66. The van der Waals surface area contributed by atoms with Gasteiger partial charge in [-0.2, -0.15) is 0 Å². The number of aromatic nitrogens is 3. The fourth-order valence-electron chi connectivity index (χ4n) is 3.47. The molecule has 1 aromatic carbocycles. The summed E-state index contributed by atoms with van der Waals surface area (Å²) in [4.78, 5) is 25.9. The molecule has 1 aliphatic rings. The van der Waals surface area contributed by atoms with E-state index in [0.717, 1.165) is 29.1 Å². The maximum absolute atomic E-state index is 15.6. The molecule has 0 radical (unpaired) electrons. The van der Waals surface area contributed by atoms with E-state index in [0.29, 0.717) is 52.6 Å². The van der Waals surface area contributed by atoms with Crippen molar-refractivity contribution in [3.8, 4) is 21.8 Å². The van der Waals surface area contributed by atoms with E-state index in [1.54, 1.807) is 31.3 Å². The van der Waals surface area contributed by atoms with E-state index in [9.17, 15) is 4.79 Å². The van der Waals surface area contributed by atoms with Crippen LogP contribution in [-0.2, 0) is 4.74 Å². The number of nitrogens with one attached hydrogen (secondary N) is 3. The summed E-state index contributed by atoms with van der Waals surface area (Å²) in [6.45, 7) is 6.82. The third-order valence-electron chi connectivity index (χ3n) is 5.43. The molecule has 4 rings (SSSR count). The minimum atomic E-state index is -0.507. The molecule has 38 heavy (non-hydrogen) atoms. The van der Waals surface area contributed by atoms with Crippen molar-refractivity contribution >= 4 is 40.7 Å². The van der Waals surface area contributed by atoms with Gasteiger partial charge in [0.05, 0.1) is 34.1 Å². The molecule has 0 bridgehead atoms. The van der Waals surface area contributed by atoms with Gasteiger partial charge in [-0.15, -0.1) is 11.3 Å². The number of anilines is 2. The van der Waals surface area contributed by atoms with E-state index in [1.165, 1.54) is 18.4 Å². The van der Waals surface area contributed by atoms with Crippen molar-refractivity contribution in [2.45, 2.75) is 52.0 Å². The molecule has 1 fully saturated rings. The SMILES string of the molecule is CCCNc1cc(Cl)cc(-c2nc(C3CC3)sc2-c2ccnc(NC[C@H](C)NC(=O)OC)n2)c1F.CCO. The van der Waals surface area contributed by atoms with Gasteiger partial charge in [0.25, 0.3) is 0 Å². The van der Waals surface area contributed by atoms with Crippen molar-refractivity contribution in [3.05, 3.63) is 40.2 Å². The third-order valence-corrected chi connectivity index (χ3v) is 6.89. The lowest BCUT2D eigenvalue weighted by Gasteiger charge is -2.14. The first-order chi connectivity index (χ1) is 18.3. The second kappa shape index (κ2) is 14.2. The smallest absolute Gasteiger partial charge is 0.407 e. The van der Waals surface area contributed by atoms with Crippen LogP contribution in [0, 0.1) is 5.82 Å². The normalized spacial score (nSPS) is 13.2. The van der Waals surface area contributed by atoms with Crippen molar-refractivity contribution in [3.63, 3.8) is 0 Å². The number of hydrogen-bond acceptors (Lipinski definition) is 9. The van der Waals surface area contributed by atoms with E-state index in [1.807, 2.05) is 13.8 Å². The fraction of sp³-hybridized carbons (Fsp3) is 0.462. The Morgan fingerprint density at radius 1 is 1.29 bits per heavy atom. The number of amides is 1. The van der Waals surface area contributed by atoms with Crippen LogP contribution >= 0.6 is 22.9 Å². The summed E-state index contributed by atoms with van der Waals surface area (Å²) in [5.74, 6) is 0.411. The van der Waals surface area contributed by atoms with Gasteiger partial charge in [-0.1, -0.05) is 18.5 Å². The first kappa shape index (κ1) is 29.5. The first-order valence-corrected chi connectivity index (χ1v) is 13.8. The second-order valence-electron chi connectivity index (χ2n) is 8.75. The summed E-state index contributed by atoms with van der Waals surface area (Å²) in [6.07, 6.45) is 4.16. The van der Waals surface area contributed by atoms with Crippen LogP contribution in [0.2, 0.25) is 5.02 Å². The number of ether oxygens (including phenoxy) is 1. The average molecular weight is 565 g/mol. The molecule has 4 N–H and O–H groups in total. The topological polar surface area (TPSA) is 121 Å². The Hall–Kier alpha value is -3.02. The minimum absolute atomic E-state index is 0.204. The lowest BCUT2D eigenvalue weighted by atomic mass is 10.1. The molecule has 1 atom stereocenters. The van der Waals surface area contributed by atoms with Crippen LogP contribution in [0.3, 0.4) is 0 Å². The predicted octanol–water partition coefficient (Wildman–Crippen LogP) is 5.91. The first-order valence-electron chi connectivity index (χ1n) is 12.6. The van der Waals surface area contributed by atoms with Crippen LogP contribution in [0.4, 0.5) is 20.8 Å². The number of hydrogen-bond donors (Lipinski definition) is 4. The number of carbonyl (C=O) groups excluding carboxylic acids is 1. The highest BCUT2D eigenvalue weighted by molar-refractivity contribution is 7.15. The van der Waals surface area contributed by atoms with Crippen molar-refractivity contribution < 1.29 is 19.0 Å². The van der Waals surface area contributed by atoms with Crippen molar-refractivity contribution in [2.75, 3.05) is 37.4 Å². The molecular formula is C26H34ClFN6O3S. The summed E-state index contributed by atoms with van der Waals surface area (Å²) >= 11 is 7.90. The summed E-state index contributed by atoms with van der Waals surface area (Å²) < 4.78 is 20.2. The summed E-state index contributed by atoms with van der Waals surface area (Å²) in [5, 5.41) is 17.9. The lowest BCUT2D eigenvalue weighted by Crippen LogP contribution is -2.37. The third kappa shape index (κ3) is 7.99. The zero-order chi connectivity index (χ0) is 27.7. The Kier molecular flexibility index (Phi) is 11.1. The number of methoxy groups -OCH3 is 1. The standard InChI is InChI=1S/C24H28ClFN6O2S.C2H6O/c1-4-8-27-18-11-15(25)10-16(19(18)26)20-21(35-22(32-20)14-5-6-14)17-7-9-28-23(31-17)29-12-13(2)30-24(33)34-3;1-2-3/h7,9-11,13-14,27H,4-6,8,12H2,1-3H3,(H,30,33)(H,28,29,31);3H,2H2,1H3/t13-;/m0./s1. The zero-order valence-electron chi connectivity index (χ0n) is 22.0. The molecule has 12 heteroatoms. The summed E-state index contributed by atoms with van der Waals surface area (Å²) in [7, 11) is 1.32. The van der Waals surface area contributed by atoms with Crippen LogP contribution in [0.25, 0.3) is 21.8 Å². The predicted molar refractivity (Wildman–Crippen MR) is 151 cm³/mol. The highest BCUT2D eigenvalue weighted by Crippen LogP contribution is 2.47. The molecule has 206 valence electrons. The largest absolute Gasteiger partial charge is 0.453 e. The number of alkyl carbamates (subject to hydrolysis) is 1. The molecule has 1 amide bonds. The highest BCUT2D eigenvalue weighted by atomic mass is 35.5. The Bertz CT molecular complexity index is 1220. The molecule has 9 nitrogen and oxygen atoms in total. The Morgan fingerprint density at radius 3 is 2.68 bits per heavy atom. The molecule has 2 heterocycles. The Morgan fingerprint density at radius 2 is 2.03 bits per heavy atom. The van der Waals surface area contributed by atoms with Crippen molar-refractivity contribution in [1.29, 1.82) is 0 Å².